The van der Waals surface area contributed by atoms with E-state index >= 15 is 0 Å². The molecule has 6 rings (SSSR count). The fourth-order valence-electron chi connectivity index (χ4n) is 6.40. The third-order valence-corrected chi connectivity index (χ3v) is 14.1. The summed E-state index contributed by atoms with van der Waals surface area (Å²) >= 11 is -1.24. The van der Waals surface area contributed by atoms with Crippen LogP contribution in [0.25, 0.3) is 11.6 Å². The predicted molar refractivity (Wildman–Crippen MR) is 149 cm³/mol. The molecule has 0 aliphatic carbocycles. The van der Waals surface area contributed by atoms with Gasteiger partial charge in [-0.1, -0.05) is 0 Å². The van der Waals surface area contributed by atoms with Crippen molar-refractivity contribution in [3.05, 3.63) is 81.4 Å². The second-order valence-corrected chi connectivity index (χ2v) is 16.0. The van der Waals surface area contributed by atoms with Crippen LogP contribution in [0.3, 0.4) is 0 Å². The van der Waals surface area contributed by atoms with Gasteiger partial charge >= 0.3 is 228 Å². The summed E-state index contributed by atoms with van der Waals surface area (Å²) in [6, 6.07) is 13.1. The molecule has 0 spiro atoms. The topological polar surface area (TPSA) is 35.6 Å². The van der Waals surface area contributed by atoms with Crippen LogP contribution in [0.4, 0.5) is 0 Å². The van der Waals surface area contributed by atoms with Crippen LogP contribution in [-0.4, -0.2) is 42.7 Å². The van der Waals surface area contributed by atoms with Gasteiger partial charge in [0.25, 0.3) is 0 Å². The third kappa shape index (κ3) is 2.84. The molecule has 4 aromatic rings. The number of aromatic nitrogens is 4. The summed E-state index contributed by atoms with van der Waals surface area (Å²) in [7, 11) is 0. The van der Waals surface area contributed by atoms with Crippen molar-refractivity contribution in [3.63, 3.8) is 0 Å². The Bertz CT molecular complexity index is 1460. The zero-order valence-corrected chi connectivity index (χ0v) is 26.3. The Balaban J connectivity index is 1.87. The first-order valence-corrected chi connectivity index (χ1v) is 16.1. The van der Waals surface area contributed by atoms with Gasteiger partial charge in [0.15, 0.2) is 0 Å². The molecule has 0 saturated heterocycles. The van der Waals surface area contributed by atoms with Crippen molar-refractivity contribution in [2.75, 3.05) is 0 Å². The summed E-state index contributed by atoms with van der Waals surface area (Å²) < 4.78 is 8.10. The van der Waals surface area contributed by atoms with Gasteiger partial charge in [-0.15, -0.1) is 0 Å². The number of hydrogen-bond acceptors (Lipinski definition) is 2. The number of nitrogens with zero attached hydrogens (tertiary/aromatic N) is 4. The van der Waals surface area contributed by atoms with Crippen LogP contribution in [0.1, 0.15) is 86.6 Å². The summed E-state index contributed by atoms with van der Waals surface area (Å²) in [4.78, 5) is 10.7. The first-order chi connectivity index (χ1) is 16.8. The maximum atomic E-state index is 5.33. The Kier molecular flexibility index (Phi) is 4.96. The van der Waals surface area contributed by atoms with Gasteiger partial charge in [-0.05, 0) is 0 Å². The van der Waals surface area contributed by atoms with Crippen LogP contribution >= 0.6 is 0 Å². The van der Waals surface area contributed by atoms with Gasteiger partial charge in [0.05, 0.1) is 0 Å². The molecule has 5 heteroatoms. The van der Waals surface area contributed by atoms with Gasteiger partial charge in [-0.3, -0.25) is 0 Å². The Morgan fingerprint density at radius 3 is 1.39 bits per heavy atom. The van der Waals surface area contributed by atoms with E-state index in [0.29, 0.717) is 0 Å². The average Bonchev–Trinajstić information content (AvgIpc) is 3.20. The summed E-state index contributed by atoms with van der Waals surface area (Å²) in [5.74, 6) is 2.09. The van der Waals surface area contributed by atoms with E-state index in [4.69, 9.17) is 9.97 Å². The molecule has 0 amide bonds. The quantitative estimate of drug-likeness (QED) is 0.259. The first kappa shape index (κ1) is 24.1. The molecule has 6 bridgehead atoms. The zero-order chi connectivity index (χ0) is 25.9. The van der Waals surface area contributed by atoms with Crippen molar-refractivity contribution in [1.82, 2.24) is 19.1 Å². The fraction of sp³-hybridized carbons (Fsp3) is 0.419. The van der Waals surface area contributed by atoms with Gasteiger partial charge < -0.3 is 0 Å². The Morgan fingerprint density at radius 1 is 0.611 bits per heavy atom. The second kappa shape index (κ2) is 7.41. The molecule has 4 aromatic heterocycles. The summed E-state index contributed by atoms with van der Waals surface area (Å²) in [6.07, 6.45) is 0. The van der Waals surface area contributed by atoms with E-state index in [9.17, 15) is 0 Å². The SMILES string of the molecule is Cc1c2[c]3n(c1C)-c1cccc(n1)C(C)(C)c1cccc(n1)-n1c(C)c(C)c([c]1[Po]3)C(C)(C)C2(C)C. The van der Waals surface area contributed by atoms with Gasteiger partial charge in [-0.2, -0.15) is 0 Å². The van der Waals surface area contributed by atoms with Crippen LogP contribution in [0.5, 0.6) is 0 Å². The van der Waals surface area contributed by atoms with Gasteiger partial charge in [-0.25, -0.2) is 0 Å². The van der Waals surface area contributed by atoms with Crippen molar-refractivity contribution in [3.8, 4) is 11.6 Å². The van der Waals surface area contributed by atoms with E-state index in [1.165, 1.54) is 29.2 Å². The van der Waals surface area contributed by atoms with Gasteiger partial charge in [0, 0.05) is 0 Å². The van der Waals surface area contributed by atoms with E-state index in [2.05, 4.69) is 115 Å². The van der Waals surface area contributed by atoms with Gasteiger partial charge in [0.2, 0.25) is 0 Å². The number of fused-ring (bicyclic) bond motifs is 6. The van der Waals surface area contributed by atoms with Crippen LogP contribution in [0.2, 0.25) is 0 Å². The van der Waals surface area contributed by atoms with E-state index in [1.807, 2.05) is 0 Å². The minimum absolute atomic E-state index is 0.0383. The third-order valence-electron chi connectivity index (χ3n) is 9.55. The number of pyridine rings is 2. The van der Waals surface area contributed by atoms with E-state index in [1.54, 1.807) is 11.1 Å². The van der Waals surface area contributed by atoms with E-state index in [0.717, 1.165) is 23.0 Å². The van der Waals surface area contributed by atoms with Crippen molar-refractivity contribution in [2.24, 2.45) is 0 Å². The average molecular weight is 674 g/mol. The van der Waals surface area contributed by atoms with Crippen LogP contribution in [-0.2, 0) is 16.2 Å². The van der Waals surface area contributed by atoms with E-state index in [-0.39, 0.29) is 16.2 Å². The molecule has 4 nitrogen and oxygen atoms in total. The van der Waals surface area contributed by atoms with Crippen LogP contribution < -0.4 is 6.71 Å². The molecular weight excluding hydrogens is 637 g/mol. The molecule has 0 fully saturated rings. The molecule has 0 unspecified atom stereocenters. The van der Waals surface area contributed by atoms with Crippen LogP contribution in [0.15, 0.2) is 36.4 Å². The molecule has 36 heavy (non-hydrogen) atoms. The minimum atomic E-state index is -1.24. The predicted octanol–water partition coefficient (Wildman–Crippen LogP) is 5.15. The molecule has 2 aliphatic heterocycles. The Labute approximate surface area is 227 Å². The van der Waals surface area contributed by atoms with Crippen molar-refractivity contribution >= 4 is 30.3 Å². The van der Waals surface area contributed by atoms with Crippen molar-refractivity contribution in [2.45, 2.75) is 85.5 Å². The molecule has 2 aliphatic rings. The Hall–Kier alpha value is -2.24. The maximum absolute atomic E-state index is 5.33. The van der Waals surface area contributed by atoms with Gasteiger partial charge in [0.1, 0.15) is 0 Å². The zero-order valence-electron chi connectivity index (χ0n) is 23.2. The molecule has 186 valence electrons. The number of hydrogen-bond donors (Lipinski definition) is 0. The summed E-state index contributed by atoms with van der Waals surface area (Å²) in [5.41, 5.74) is 10.3. The Morgan fingerprint density at radius 2 is 1.00 bits per heavy atom. The number of rotatable bonds is 0. The molecule has 0 atom stereocenters. The molecule has 0 saturated carbocycles. The monoisotopic (exact) mass is 673 g/mol. The molecule has 0 aromatic carbocycles. The normalized spacial score (nSPS) is 18.3. The second-order valence-electron chi connectivity index (χ2n) is 12.2. The summed E-state index contributed by atoms with van der Waals surface area (Å²) in [5, 5.41) is 0. The molecular formula is C31H36N4Po. The van der Waals surface area contributed by atoms with Crippen molar-refractivity contribution in [1.29, 1.82) is 0 Å². The molecule has 0 N–H and O–H groups in total. The molecule has 6 heterocycles. The molecule has 0 radical (unpaired) electrons. The van der Waals surface area contributed by atoms with Crippen molar-refractivity contribution < 1.29 is 0 Å². The standard InChI is InChI=1S/C31H36N4.Po/c1-19-21(3)34-17-23(19)30(7,8)31(9,10)24-18-35(22(4)20(24)2)28-16-12-14-26(33-28)29(5,6)25-13-11-15-27(34)32-25;/h11-16H,1-10H3;. The van der Waals surface area contributed by atoms with E-state index < -0.39 is 23.6 Å². The first-order valence-electron chi connectivity index (χ1n) is 12.9. The fourth-order valence-corrected chi connectivity index (χ4v) is 13.6. The van der Waals surface area contributed by atoms with Crippen LogP contribution in [0, 0.1) is 27.7 Å². The summed E-state index contributed by atoms with van der Waals surface area (Å²) in [6.45, 7) is 23.6.